The number of carbonyl (C=O) groups is 1. The molecular formula is C14H18Cl2N2O2. The summed E-state index contributed by atoms with van der Waals surface area (Å²) in [5, 5.41) is 4.20. The molecule has 4 nitrogen and oxygen atoms in total. The second-order valence-corrected chi connectivity index (χ2v) is 5.63. The Balaban J connectivity index is 1.80. The Morgan fingerprint density at radius 3 is 2.95 bits per heavy atom. The van der Waals surface area contributed by atoms with E-state index >= 15 is 0 Å². The summed E-state index contributed by atoms with van der Waals surface area (Å²) >= 11 is 11.7. The predicted octanol–water partition coefficient (Wildman–Crippen LogP) is 2.58. The predicted molar refractivity (Wildman–Crippen MR) is 80.6 cm³/mol. The molecule has 0 bridgehead atoms. The summed E-state index contributed by atoms with van der Waals surface area (Å²) < 4.78 is 5.53. The van der Waals surface area contributed by atoms with Gasteiger partial charge in [0, 0.05) is 31.7 Å². The van der Waals surface area contributed by atoms with Crippen molar-refractivity contribution < 1.29 is 9.53 Å². The van der Waals surface area contributed by atoms with Crippen LogP contribution < -0.4 is 10.1 Å². The summed E-state index contributed by atoms with van der Waals surface area (Å²) in [5.74, 6) is 0.750. The van der Waals surface area contributed by atoms with Crippen LogP contribution in [0.2, 0.25) is 10.0 Å². The van der Waals surface area contributed by atoms with Crippen LogP contribution in [0.5, 0.6) is 5.75 Å². The number of nitrogens with one attached hydrogen (secondary N) is 1. The number of carbonyl (C=O) groups excluding carboxylic acids is 1. The molecule has 1 aliphatic rings. The van der Waals surface area contributed by atoms with Crippen LogP contribution in [-0.4, -0.2) is 43.1 Å². The fourth-order valence-electron chi connectivity index (χ4n) is 2.18. The minimum atomic E-state index is 0.124. The third-order valence-corrected chi connectivity index (χ3v) is 4.04. The Morgan fingerprint density at radius 1 is 1.45 bits per heavy atom. The summed E-state index contributed by atoms with van der Waals surface area (Å²) in [5.41, 5.74) is 0. The van der Waals surface area contributed by atoms with Gasteiger partial charge < -0.3 is 15.0 Å². The Hall–Kier alpha value is -0.970. The van der Waals surface area contributed by atoms with Crippen LogP contribution >= 0.6 is 23.2 Å². The number of nitrogens with zero attached hydrogens (tertiary/aromatic N) is 1. The van der Waals surface area contributed by atoms with Gasteiger partial charge in [0.1, 0.15) is 5.75 Å². The summed E-state index contributed by atoms with van der Waals surface area (Å²) in [6.45, 7) is 4.84. The van der Waals surface area contributed by atoms with Crippen LogP contribution in [0.1, 0.15) is 13.3 Å². The van der Waals surface area contributed by atoms with E-state index in [2.05, 4.69) is 5.32 Å². The first kappa shape index (κ1) is 15.4. The van der Waals surface area contributed by atoms with Gasteiger partial charge in [0.2, 0.25) is 5.91 Å². The van der Waals surface area contributed by atoms with Gasteiger partial charge in [0.05, 0.1) is 23.1 Å². The lowest BCUT2D eigenvalue weighted by Crippen LogP contribution is -2.52. The van der Waals surface area contributed by atoms with Crippen LogP contribution in [0.15, 0.2) is 18.2 Å². The molecule has 0 aromatic heterocycles. The van der Waals surface area contributed by atoms with E-state index in [9.17, 15) is 4.79 Å². The average molecular weight is 317 g/mol. The van der Waals surface area contributed by atoms with Crippen molar-refractivity contribution in [3.63, 3.8) is 0 Å². The Labute approximate surface area is 129 Å². The Bertz CT molecular complexity index is 482. The van der Waals surface area contributed by atoms with Gasteiger partial charge in [-0.05, 0) is 19.1 Å². The molecule has 20 heavy (non-hydrogen) atoms. The van der Waals surface area contributed by atoms with E-state index in [4.69, 9.17) is 27.9 Å². The van der Waals surface area contributed by atoms with E-state index < -0.39 is 0 Å². The van der Waals surface area contributed by atoms with Gasteiger partial charge in [-0.1, -0.05) is 23.2 Å². The summed E-state index contributed by atoms with van der Waals surface area (Å²) in [6.07, 6.45) is 0.366. The average Bonchev–Trinajstić information content (AvgIpc) is 2.43. The van der Waals surface area contributed by atoms with Crippen LogP contribution in [-0.2, 0) is 4.79 Å². The molecule has 0 spiro atoms. The van der Waals surface area contributed by atoms with Gasteiger partial charge in [-0.15, -0.1) is 0 Å². The van der Waals surface area contributed by atoms with E-state index in [0.717, 1.165) is 19.6 Å². The molecule has 6 heteroatoms. The van der Waals surface area contributed by atoms with Crippen molar-refractivity contribution in [2.45, 2.75) is 19.4 Å². The van der Waals surface area contributed by atoms with Crippen molar-refractivity contribution in [2.75, 3.05) is 26.2 Å². The largest absolute Gasteiger partial charge is 0.493 e. The van der Waals surface area contributed by atoms with Crippen molar-refractivity contribution >= 4 is 29.1 Å². The van der Waals surface area contributed by atoms with Crippen molar-refractivity contribution in [1.82, 2.24) is 10.2 Å². The number of hydrogen-bond donors (Lipinski definition) is 1. The molecule has 1 aromatic carbocycles. The highest BCUT2D eigenvalue weighted by Crippen LogP contribution is 2.26. The number of halogens is 2. The second-order valence-electron chi connectivity index (χ2n) is 4.81. The van der Waals surface area contributed by atoms with Crippen molar-refractivity contribution in [1.29, 1.82) is 0 Å². The number of amides is 1. The van der Waals surface area contributed by atoms with Crippen LogP contribution in [0.25, 0.3) is 0 Å². The molecule has 1 heterocycles. The van der Waals surface area contributed by atoms with Gasteiger partial charge in [0.15, 0.2) is 0 Å². The SMILES string of the molecule is C[C@@H]1CNCCN1C(=O)CCOc1ccc(Cl)c(Cl)c1. The molecule has 1 saturated heterocycles. The van der Waals surface area contributed by atoms with Gasteiger partial charge in [-0.2, -0.15) is 0 Å². The standard InChI is InChI=1S/C14H18Cl2N2O2/c1-10-9-17-5-6-18(10)14(19)4-7-20-11-2-3-12(15)13(16)8-11/h2-3,8,10,17H,4-7,9H2,1H3/t10-/m1/s1. The first-order valence-corrected chi connectivity index (χ1v) is 7.41. The van der Waals surface area contributed by atoms with Gasteiger partial charge in [-0.3, -0.25) is 4.79 Å². The zero-order valence-electron chi connectivity index (χ0n) is 11.4. The second kappa shape index (κ2) is 7.16. The smallest absolute Gasteiger partial charge is 0.226 e. The fourth-order valence-corrected chi connectivity index (χ4v) is 2.47. The van der Waals surface area contributed by atoms with Crippen molar-refractivity contribution in [3.05, 3.63) is 28.2 Å². The number of piperazine rings is 1. The van der Waals surface area contributed by atoms with Crippen LogP contribution in [0, 0.1) is 0 Å². The minimum absolute atomic E-state index is 0.124. The first-order chi connectivity index (χ1) is 9.58. The molecule has 1 amide bonds. The molecular weight excluding hydrogens is 299 g/mol. The summed E-state index contributed by atoms with van der Waals surface area (Å²) in [7, 11) is 0. The molecule has 1 atom stereocenters. The fraction of sp³-hybridized carbons (Fsp3) is 0.500. The quantitative estimate of drug-likeness (QED) is 0.928. The highest BCUT2D eigenvalue weighted by Gasteiger charge is 2.22. The number of rotatable bonds is 4. The first-order valence-electron chi connectivity index (χ1n) is 6.66. The third kappa shape index (κ3) is 4.01. The monoisotopic (exact) mass is 316 g/mol. The summed E-state index contributed by atoms with van der Waals surface area (Å²) in [4.78, 5) is 14.0. The number of benzene rings is 1. The van der Waals surface area contributed by atoms with Crippen molar-refractivity contribution in [3.8, 4) is 5.75 Å². The van der Waals surface area contributed by atoms with Crippen LogP contribution in [0.4, 0.5) is 0 Å². The topological polar surface area (TPSA) is 41.6 Å². The van der Waals surface area contributed by atoms with E-state index in [1.807, 2.05) is 11.8 Å². The zero-order valence-corrected chi connectivity index (χ0v) is 12.9. The molecule has 1 N–H and O–H groups in total. The number of ether oxygens (including phenoxy) is 1. The highest BCUT2D eigenvalue weighted by atomic mass is 35.5. The molecule has 110 valence electrons. The normalized spacial score (nSPS) is 18.9. The van der Waals surface area contributed by atoms with E-state index in [1.54, 1.807) is 18.2 Å². The molecule has 0 aliphatic carbocycles. The third-order valence-electron chi connectivity index (χ3n) is 3.30. The summed E-state index contributed by atoms with van der Waals surface area (Å²) in [6, 6.07) is 5.31. The number of hydrogen-bond acceptors (Lipinski definition) is 3. The molecule has 1 aliphatic heterocycles. The van der Waals surface area contributed by atoms with E-state index in [1.165, 1.54) is 0 Å². The molecule has 0 radical (unpaired) electrons. The highest BCUT2D eigenvalue weighted by molar-refractivity contribution is 6.42. The molecule has 0 unspecified atom stereocenters. The van der Waals surface area contributed by atoms with Crippen LogP contribution in [0.3, 0.4) is 0 Å². The maximum atomic E-state index is 12.1. The lowest BCUT2D eigenvalue weighted by Gasteiger charge is -2.34. The lowest BCUT2D eigenvalue weighted by molar-refractivity contribution is -0.134. The molecule has 1 fully saturated rings. The van der Waals surface area contributed by atoms with Crippen molar-refractivity contribution in [2.24, 2.45) is 0 Å². The Morgan fingerprint density at radius 2 is 2.25 bits per heavy atom. The van der Waals surface area contributed by atoms with Gasteiger partial charge in [0.25, 0.3) is 0 Å². The molecule has 2 rings (SSSR count). The van der Waals surface area contributed by atoms with Gasteiger partial charge >= 0.3 is 0 Å². The maximum Gasteiger partial charge on any atom is 0.226 e. The zero-order chi connectivity index (χ0) is 14.5. The van der Waals surface area contributed by atoms with Gasteiger partial charge in [-0.25, -0.2) is 0 Å². The molecule has 0 saturated carbocycles. The maximum absolute atomic E-state index is 12.1. The minimum Gasteiger partial charge on any atom is -0.493 e. The lowest BCUT2D eigenvalue weighted by atomic mass is 10.2. The van der Waals surface area contributed by atoms with E-state index in [0.29, 0.717) is 28.8 Å². The molecule has 1 aromatic rings. The van der Waals surface area contributed by atoms with E-state index in [-0.39, 0.29) is 11.9 Å². The Kier molecular flexibility index (Phi) is 5.52.